The number of sulfonamides is 1. The fourth-order valence-electron chi connectivity index (χ4n) is 4.35. The highest BCUT2D eigenvalue weighted by Crippen LogP contribution is 2.37. The molecule has 176 valence electrons. The first-order valence-corrected chi connectivity index (χ1v) is 13.0. The standard InChI is InChI=1S/C22H26N4O5S2/c1-14(27)25-11-9-17-18(13-25)32-22(19(17)20(23)28)24-21(29)15-6-5-10-26(12-15)33(30,31)16-7-3-2-4-8-16/h2-4,7-8,15H,5-6,9-13H2,1H3,(H2,23,28)(H,24,29). The number of nitrogens with one attached hydrogen (secondary N) is 1. The maximum absolute atomic E-state index is 13.1. The molecule has 2 aliphatic rings. The van der Waals surface area contributed by atoms with Crippen LogP contribution in [0.4, 0.5) is 5.00 Å². The van der Waals surface area contributed by atoms with E-state index in [4.69, 9.17) is 5.73 Å². The molecule has 1 fully saturated rings. The zero-order valence-corrected chi connectivity index (χ0v) is 19.9. The molecule has 1 aromatic carbocycles. The summed E-state index contributed by atoms with van der Waals surface area (Å²) in [5.41, 5.74) is 6.69. The zero-order chi connectivity index (χ0) is 23.8. The van der Waals surface area contributed by atoms with Crippen LogP contribution in [0.1, 0.15) is 40.6 Å². The predicted molar refractivity (Wildman–Crippen MR) is 124 cm³/mol. The summed E-state index contributed by atoms with van der Waals surface area (Å²) in [5, 5.41) is 3.20. The van der Waals surface area contributed by atoms with E-state index in [9.17, 15) is 22.8 Å². The second-order valence-corrected chi connectivity index (χ2v) is 11.3. The average Bonchev–Trinajstić information content (AvgIpc) is 3.16. The van der Waals surface area contributed by atoms with Crippen LogP contribution in [0, 0.1) is 5.92 Å². The van der Waals surface area contributed by atoms with E-state index in [1.165, 1.54) is 22.6 Å². The van der Waals surface area contributed by atoms with Crippen molar-refractivity contribution in [1.82, 2.24) is 9.21 Å². The molecule has 2 aromatic rings. The molecule has 0 saturated carbocycles. The minimum atomic E-state index is -3.70. The van der Waals surface area contributed by atoms with Gasteiger partial charge in [-0.2, -0.15) is 4.31 Å². The number of anilines is 1. The predicted octanol–water partition coefficient (Wildman–Crippen LogP) is 1.79. The lowest BCUT2D eigenvalue weighted by atomic mass is 9.98. The first kappa shape index (κ1) is 23.4. The quantitative estimate of drug-likeness (QED) is 0.660. The molecule has 1 aromatic heterocycles. The molecule has 0 bridgehead atoms. The first-order valence-electron chi connectivity index (χ1n) is 10.7. The summed E-state index contributed by atoms with van der Waals surface area (Å²) < 4.78 is 27.3. The number of benzene rings is 1. The van der Waals surface area contributed by atoms with Gasteiger partial charge in [-0.3, -0.25) is 14.4 Å². The maximum Gasteiger partial charge on any atom is 0.251 e. The summed E-state index contributed by atoms with van der Waals surface area (Å²) in [4.78, 5) is 39.7. The smallest absolute Gasteiger partial charge is 0.251 e. The molecule has 3 amide bonds. The highest BCUT2D eigenvalue weighted by molar-refractivity contribution is 7.89. The molecule has 3 N–H and O–H groups in total. The van der Waals surface area contributed by atoms with Crippen LogP contribution in [-0.4, -0.2) is 55.0 Å². The maximum atomic E-state index is 13.1. The molecule has 4 rings (SSSR count). The van der Waals surface area contributed by atoms with E-state index in [0.717, 1.165) is 10.4 Å². The number of nitrogens with two attached hydrogens (primary N) is 1. The molecule has 2 aliphatic heterocycles. The third kappa shape index (κ3) is 4.66. The monoisotopic (exact) mass is 490 g/mol. The van der Waals surface area contributed by atoms with Crippen molar-refractivity contribution in [2.24, 2.45) is 11.7 Å². The van der Waals surface area contributed by atoms with Gasteiger partial charge in [-0.1, -0.05) is 18.2 Å². The summed E-state index contributed by atoms with van der Waals surface area (Å²) in [5.74, 6) is -1.57. The van der Waals surface area contributed by atoms with E-state index >= 15 is 0 Å². The Morgan fingerprint density at radius 1 is 1.15 bits per heavy atom. The number of fused-ring (bicyclic) bond motifs is 1. The van der Waals surface area contributed by atoms with Crippen molar-refractivity contribution in [3.8, 4) is 0 Å². The number of nitrogens with zero attached hydrogens (tertiary/aromatic N) is 2. The highest BCUT2D eigenvalue weighted by atomic mass is 32.2. The van der Waals surface area contributed by atoms with Crippen LogP contribution in [0.3, 0.4) is 0 Å². The molecule has 11 heteroatoms. The Morgan fingerprint density at radius 3 is 2.55 bits per heavy atom. The number of amides is 3. The Morgan fingerprint density at radius 2 is 1.88 bits per heavy atom. The van der Waals surface area contributed by atoms with E-state index in [-0.39, 0.29) is 28.8 Å². The molecule has 1 atom stereocenters. The van der Waals surface area contributed by atoms with Gasteiger partial charge in [0.05, 0.1) is 22.9 Å². The largest absolute Gasteiger partial charge is 0.365 e. The Labute approximate surface area is 196 Å². The summed E-state index contributed by atoms with van der Waals surface area (Å²) in [6.45, 7) is 2.77. The number of hydrogen-bond acceptors (Lipinski definition) is 6. The molecule has 1 unspecified atom stereocenters. The van der Waals surface area contributed by atoms with E-state index in [1.807, 2.05) is 0 Å². The number of hydrogen-bond donors (Lipinski definition) is 2. The third-order valence-electron chi connectivity index (χ3n) is 6.12. The van der Waals surface area contributed by atoms with Crippen LogP contribution >= 0.6 is 11.3 Å². The van der Waals surface area contributed by atoms with Gasteiger partial charge in [-0.05, 0) is 37.0 Å². The van der Waals surface area contributed by atoms with Crippen LogP contribution in [0.5, 0.6) is 0 Å². The van der Waals surface area contributed by atoms with E-state index in [1.54, 1.807) is 35.2 Å². The Bertz CT molecular complexity index is 1190. The Kier molecular flexibility index (Phi) is 6.55. The molecule has 9 nitrogen and oxygen atoms in total. The summed E-state index contributed by atoms with van der Waals surface area (Å²) in [6, 6.07) is 8.16. The molecule has 33 heavy (non-hydrogen) atoms. The van der Waals surface area contributed by atoms with Crippen LogP contribution in [0.25, 0.3) is 0 Å². The summed E-state index contributed by atoms with van der Waals surface area (Å²) in [6.07, 6.45) is 1.59. The van der Waals surface area contributed by atoms with E-state index in [2.05, 4.69) is 5.32 Å². The van der Waals surface area contributed by atoms with Crippen LogP contribution in [0.15, 0.2) is 35.2 Å². The van der Waals surface area contributed by atoms with E-state index in [0.29, 0.717) is 43.9 Å². The van der Waals surface area contributed by atoms with Crippen molar-refractivity contribution in [1.29, 1.82) is 0 Å². The van der Waals surface area contributed by atoms with Crippen LogP contribution < -0.4 is 11.1 Å². The van der Waals surface area contributed by atoms with Gasteiger partial charge in [-0.25, -0.2) is 8.42 Å². The van der Waals surface area contributed by atoms with Crippen molar-refractivity contribution in [3.05, 3.63) is 46.3 Å². The lowest BCUT2D eigenvalue weighted by Gasteiger charge is -2.31. The van der Waals surface area contributed by atoms with Crippen molar-refractivity contribution in [2.75, 3.05) is 25.0 Å². The second-order valence-electron chi connectivity index (χ2n) is 8.27. The number of carbonyl (C=O) groups is 3. The second kappa shape index (κ2) is 9.24. The molecule has 3 heterocycles. The van der Waals surface area contributed by atoms with Gasteiger partial charge in [0.25, 0.3) is 5.91 Å². The molecule has 0 aliphatic carbocycles. The van der Waals surface area contributed by atoms with Gasteiger partial charge < -0.3 is 16.0 Å². The number of rotatable bonds is 5. The summed E-state index contributed by atoms with van der Waals surface area (Å²) in [7, 11) is -3.70. The number of primary amides is 1. The fourth-order valence-corrected chi connectivity index (χ4v) is 7.17. The van der Waals surface area contributed by atoms with Crippen molar-refractivity contribution in [2.45, 2.75) is 37.6 Å². The van der Waals surface area contributed by atoms with Crippen LogP contribution in [0.2, 0.25) is 0 Å². The minimum absolute atomic E-state index is 0.0535. The molecular weight excluding hydrogens is 464 g/mol. The first-order chi connectivity index (χ1) is 15.7. The van der Waals surface area contributed by atoms with Gasteiger partial charge in [-0.15, -0.1) is 11.3 Å². The highest BCUT2D eigenvalue weighted by Gasteiger charge is 2.35. The Hall–Kier alpha value is -2.76. The van der Waals surface area contributed by atoms with Crippen molar-refractivity contribution in [3.63, 3.8) is 0 Å². The van der Waals surface area contributed by atoms with Crippen molar-refractivity contribution < 1.29 is 22.8 Å². The SMILES string of the molecule is CC(=O)N1CCc2c(sc(NC(=O)C3CCCN(S(=O)(=O)c4ccccc4)C3)c2C(N)=O)C1. The van der Waals surface area contributed by atoms with Gasteiger partial charge >= 0.3 is 0 Å². The number of carbonyl (C=O) groups excluding carboxylic acids is 3. The topological polar surface area (TPSA) is 130 Å². The molecule has 0 spiro atoms. The number of piperidine rings is 1. The third-order valence-corrected chi connectivity index (χ3v) is 9.13. The van der Waals surface area contributed by atoms with Gasteiger partial charge in [0.2, 0.25) is 21.8 Å². The number of thiophene rings is 1. The van der Waals surface area contributed by atoms with E-state index < -0.39 is 21.8 Å². The molecule has 0 radical (unpaired) electrons. The summed E-state index contributed by atoms with van der Waals surface area (Å²) >= 11 is 1.25. The minimum Gasteiger partial charge on any atom is -0.365 e. The van der Waals surface area contributed by atoms with Gasteiger partial charge in [0.1, 0.15) is 5.00 Å². The van der Waals surface area contributed by atoms with Crippen molar-refractivity contribution >= 4 is 44.1 Å². The lowest BCUT2D eigenvalue weighted by molar-refractivity contribution is -0.129. The van der Waals surface area contributed by atoms with Crippen LogP contribution in [-0.2, 0) is 32.6 Å². The lowest BCUT2D eigenvalue weighted by Crippen LogP contribution is -2.43. The zero-order valence-electron chi connectivity index (χ0n) is 18.2. The van der Waals surface area contributed by atoms with Gasteiger partial charge in [0.15, 0.2) is 0 Å². The molecule has 1 saturated heterocycles. The molecular formula is C22H26N4O5S2. The van der Waals surface area contributed by atoms with Gasteiger partial charge in [0, 0.05) is 31.4 Å². The average molecular weight is 491 g/mol. The normalized spacial score (nSPS) is 19.1. The Balaban J connectivity index is 1.53. The fraction of sp³-hybridized carbons (Fsp3) is 0.409.